The molecule has 0 amide bonds. The predicted octanol–water partition coefficient (Wildman–Crippen LogP) is 2.74. The van der Waals surface area contributed by atoms with Gasteiger partial charge in [-0.2, -0.15) is 0 Å². The fourth-order valence-electron chi connectivity index (χ4n) is 1.37. The van der Waals surface area contributed by atoms with Crippen molar-refractivity contribution >= 4 is 5.97 Å². The first-order chi connectivity index (χ1) is 7.16. The van der Waals surface area contributed by atoms with Gasteiger partial charge in [0.15, 0.2) is 0 Å². The summed E-state index contributed by atoms with van der Waals surface area (Å²) in [7, 11) is 0. The Labute approximate surface area is 91.8 Å². The predicted molar refractivity (Wildman–Crippen MR) is 60.8 cm³/mol. The van der Waals surface area contributed by atoms with Gasteiger partial charge in [-0.15, -0.1) is 0 Å². The largest absolute Gasteiger partial charge is 0.481 e. The van der Waals surface area contributed by atoms with Crippen LogP contribution in [0.3, 0.4) is 0 Å². The molecule has 3 heteroatoms. The second-order valence-electron chi connectivity index (χ2n) is 3.80. The Hall–Kier alpha value is -0.830. The van der Waals surface area contributed by atoms with Crippen LogP contribution in [0.1, 0.15) is 51.9 Å². The molecule has 0 aromatic rings. The molecular weight excluding hydrogens is 192 g/mol. The van der Waals surface area contributed by atoms with Crippen LogP contribution in [0, 0.1) is 0 Å². The molecule has 88 valence electrons. The van der Waals surface area contributed by atoms with E-state index in [1.807, 2.05) is 6.08 Å². The molecule has 0 radical (unpaired) electrons. The Balaban J connectivity index is 3.33. The molecule has 0 saturated carbocycles. The minimum atomic E-state index is -0.963. The summed E-state index contributed by atoms with van der Waals surface area (Å²) >= 11 is 0. The van der Waals surface area contributed by atoms with Gasteiger partial charge in [-0.1, -0.05) is 44.8 Å². The number of hydrogen-bond acceptors (Lipinski definition) is 2. The monoisotopic (exact) mass is 214 g/mol. The standard InChI is InChI=1S/C12H22O3/c1-2-3-4-5-6-7-8-9-11(13)10-12(14)15/h8-9,11,13H,2-7,10H2,1H3,(H,14,15)/b9-8-. The number of hydrogen-bond donors (Lipinski definition) is 2. The van der Waals surface area contributed by atoms with E-state index in [1.54, 1.807) is 6.08 Å². The van der Waals surface area contributed by atoms with Gasteiger partial charge in [-0.25, -0.2) is 0 Å². The van der Waals surface area contributed by atoms with Crippen molar-refractivity contribution in [2.45, 2.75) is 58.0 Å². The van der Waals surface area contributed by atoms with Crippen LogP contribution < -0.4 is 0 Å². The van der Waals surface area contributed by atoms with Crippen molar-refractivity contribution in [2.75, 3.05) is 0 Å². The molecule has 0 heterocycles. The Kier molecular flexibility index (Phi) is 9.18. The van der Waals surface area contributed by atoms with E-state index >= 15 is 0 Å². The normalized spacial score (nSPS) is 13.2. The number of aliphatic hydroxyl groups excluding tert-OH is 1. The van der Waals surface area contributed by atoms with E-state index in [9.17, 15) is 9.90 Å². The summed E-state index contributed by atoms with van der Waals surface area (Å²) in [4.78, 5) is 10.2. The molecule has 0 fully saturated rings. The molecule has 0 aliphatic rings. The molecule has 0 saturated heterocycles. The van der Waals surface area contributed by atoms with Gasteiger partial charge in [0.25, 0.3) is 0 Å². The van der Waals surface area contributed by atoms with E-state index < -0.39 is 12.1 Å². The maximum absolute atomic E-state index is 10.2. The molecule has 0 aliphatic carbocycles. The van der Waals surface area contributed by atoms with Crippen LogP contribution >= 0.6 is 0 Å². The highest BCUT2D eigenvalue weighted by Crippen LogP contribution is 2.06. The van der Waals surface area contributed by atoms with Gasteiger partial charge in [0.05, 0.1) is 12.5 Å². The van der Waals surface area contributed by atoms with Crippen molar-refractivity contribution in [3.05, 3.63) is 12.2 Å². The molecule has 0 aromatic carbocycles. The minimum Gasteiger partial charge on any atom is -0.481 e. The third-order valence-electron chi connectivity index (χ3n) is 2.22. The van der Waals surface area contributed by atoms with E-state index in [0.717, 1.165) is 12.8 Å². The number of unbranched alkanes of at least 4 members (excludes halogenated alkanes) is 5. The van der Waals surface area contributed by atoms with Crippen molar-refractivity contribution in [3.8, 4) is 0 Å². The quantitative estimate of drug-likeness (QED) is 0.458. The molecular formula is C12H22O3. The first-order valence-electron chi connectivity index (χ1n) is 5.73. The molecule has 0 spiro atoms. The van der Waals surface area contributed by atoms with Gasteiger partial charge < -0.3 is 10.2 Å². The van der Waals surface area contributed by atoms with Crippen LogP contribution in [0.15, 0.2) is 12.2 Å². The van der Waals surface area contributed by atoms with Crippen molar-refractivity contribution < 1.29 is 15.0 Å². The van der Waals surface area contributed by atoms with Gasteiger partial charge in [0.2, 0.25) is 0 Å². The summed E-state index contributed by atoms with van der Waals surface area (Å²) in [5.41, 5.74) is 0. The van der Waals surface area contributed by atoms with Gasteiger partial charge in [0.1, 0.15) is 0 Å². The molecule has 0 rings (SSSR count). The lowest BCUT2D eigenvalue weighted by Gasteiger charge is -2.00. The average molecular weight is 214 g/mol. The zero-order chi connectivity index (χ0) is 11.5. The van der Waals surface area contributed by atoms with Crippen molar-refractivity contribution in [1.29, 1.82) is 0 Å². The maximum atomic E-state index is 10.2. The highest BCUT2D eigenvalue weighted by Gasteiger charge is 2.03. The highest BCUT2D eigenvalue weighted by molar-refractivity contribution is 5.67. The number of allylic oxidation sites excluding steroid dienone is 1. The zero-order valence-corrected chi connectivity index (χ0v) is 9.48. The number of carboxylic acids is 1. The summed E-state index contributed by atoms with van der Waals surface area (Å²) in [5, 5.41) is 17.6. The lowest BCUT2D eigenvalue weighted by atomic mass is 10.1. The maximum Gasteiger partial charge on any atom is 0.306 e. The van der Waals surface area contributed by atoms with E-state index in [2.05, 4.69) is 6.92 Å². The Morgan fingerprint density at radius 2 is 1.93 bits per heavy atom. The molecule has 3 nitrogen and oxygen atoms in total. The lowest BCUT2D eigenvalue weighted by Crippen LogP contribution is -2.09. The van der Waals surface area contributed by atoms with Gasteiger partial charge in [-0.05, 0) is 12.8 Å². The molecule has 15 heavy (non-hydrogen) atoms. The summed E-state index contributed by atoms with van der Waals surface area (Å²) in [6.07, 6.45) is 9.47. The van der Waals surface area contributed by atoms with Gasteiger partial charge in [0, 0.05) is 0 Å². The molecule has 0 bridgehead atoms. The first-order valence-corrected chi connectivity index (χ1v) is 5.73. The van der Waals surface area contributed by atoms with Crippen molar-refractivity contribution in [1.82, 2.24) is 0 Å². The number of rotatable bonds is 9. The van der Waals surface area contributed by atoms with Crippen LogP contribution in [-0.4, -0.2) is 22.3 Å². The Morgan fingerprint density at radius 1 is 1.27 bits per heavy atom. The molecule has 0 aliphatic heterocycles. The third kappa shape index (κ3) is 11.1. The molecule has 1 atom stereocenters. The van der Waals surface area contributed by atoms with Crippen LogP contribution in [-0.2, 0) is 4.79 Å². The number of aliphatic hydroxyl groups is 1. The van der Waals surface area contributed by atoms with E-state index in [1.165, 1.54) is 25.7 Å². The minimum absolute atomic E-state index is 0.202. The van der Waals surface area contributed by atoms with Crippen LogP contribution in [0.4, 0.5) is 0 Å². The SMILES string of the molecule is CCCCCCC/C=C\C(O)CC(=O)O. The smallest absolute Gasteiger partial charge is 0.306 e. The highest BCUT2D eigenvalue weighted by atomic mass is 16.4. The van der Waals surface area contributed by atoms with E-state index in [0.29, 0.717) is 0 Å². The number of carbonyl (C=O) groups is 1. The first kappa shape index (κ1) is 14.2. The van der Waals surface area contributed by atoms with Crippen LogP contribution in [0.25, 0.3) is 0 Å². The van der Waals surface area contributed by atoms with Crippen LogP contribution in [0.5, 0.6) is 0 Å². The summed E-state index contributed by atoms with van der Waals surface area (Å²) in [5.74, 6) is -0.963. The zero-order valence-electron chi connectivity index (χ0n) is 9.48. The summed E-state index contributed by atoms with van der Waals surface area (Å²) < 4.78 is 0. The fraction of sp³-hybridized carbons (Fsp3) is 0.750. The fourth-order valence-corrected chi connectivity index (χ4v) is 1.37. The summed E-state index contributed by atoms with van der Waals surface area (Å²) in [6.45, 7) is 2.18. The molecule has 2 N–H and O–H groups in total. The van der Waals surface area contributed by atoms with E-state index in [4.69, 9.17) is 5.11 Å². The number of carboxylic acid groups (broad SMARTS) is 1. The third-order valence-corrected chi connectivity index (χ3v) is 2.22. The van der Waals surface area contributed by atoms with Crippen LogP contribution in [0.2, 0.25) is 0 Å². The van der Waals surface area contributed by atoms with E-state index in [-0.39, 0.29) is 6.42 Å². The Bertz CT molecular complexity index is 187. The van der Waals surface area contributed by atoms with Gasteiger partial charge >= 0.3 is 5.97 Å². The van der Waals surface area contributed by atoms with Crippen molar-refractivity contribution in [2.24, 2.45) is 0 Å². The second kappa shape index (κ2) is 9.71. The molecule has 1 unspecified atom stereocenters. The van der Waals surface area contributed by atoms with Gasteiger partial charge in [-0.3, -0.25) is 4.79 Å². The molecule has 0 aromatic heterocycles. The topological polar surface area (TPSA) is 57.5 Å². The van der Waals surface area contributed by atoms with Crippen molar-refractivity contribution in [3.63, 3.8) is 0 Å². The average Bonchev–Trinajstić information content (AvgIpc) is 2.15. The lowest BCUT2D eigenvalue weighted by molar-refractivity contribution is -0.138. The number of aliphatic carboxylic acids is 1. The summed E-state index contributed by atoms with van der Waals surface area (Å²) in [6, 6.07) is 0. The Morgan fingerprint density at radius 3 is 2.53 bits per heavy atom. The second-order valence-corrected chi connectivity index (χ2v) is 3.80.